The first-order chi connectivity index (χ1) is 13.3. The van der Waals surface area contributed by atoms with Crippen molar-refractivity contribution in [1.82, 2.24) is 9.62 Å². The predicted molar refractivity (Wildman–Crippen MR) is 107 cm³/mol. The SMILES string of the molecule is CS(=O)(=O)N[C@H]1CCCN(C(=O)O)[C@H]1CO[C@H]1CC[C@@H](c2ccccc2)CC1. The van der Waals surface area contributed by atoms with Gasteiger partial charge in [-0.15, -0.1) is 0 Å². The molecule has 2 aliphatic rings. The summed E-state index contributed by atoms with van der Waals surface area (Å²) in [6.07, 6.45) is 5.39. The number of piperidine rings is 1. The standard InChI is InChI=1S/C20H30N2O5S/c1-28(25,26)21-18-8-5-13-22(20(23)24)19(18)14-27-17-11-9-16(10-12-17)15-6-3-2-4-7-15/h2-4,6-7,16-19,21H,5,8-14H2,1H3,(H,23,24)/t16-,17+,18-,19-/m0/s1. The molecule has 7 nitrogen and oxygen atoms in total. The highest BCUT2D eigenvalue weighted by Gasteiger charge is 2.36. The van der Waals surface area contributed by atoms with E-state index < -0.39 is 28.2 Å². The molecule has 1 aliphatic heterocycles. The normalized spacial score (nSPS) is 28.8. The number of sulfonamides is 1. The predicted octanol–water partition coefficient (Wildman–Crippen LogP) is 2.79. The number of hydrogen-bond acceptors (Lipinski definition) is 4. The first-order valence-electron chi connectivity index (χ1n) is 9.97. The van der Waals surface area contributed by atoms with E-state index in [0.717, 1.165) is 31.9 Å². The second-order valence-corrected chi connectivity index (χ2v) is 9.68. The maximum absolute atomic E-state index is 11.7. The molecule has 1 saturated heterocycles. The minimum absolute atomic E-state index is 0.0939. The highest BCUT2D eigenvalue weighted by atomic mass is 32.2. The van der Waals surface area contributed by atoms with E-state index in [4.69, 9.17) is 4.74 Å². The van der Waals surface area contributed by atoms with Crippen LogP contribution >= 0.6 is 0 Å². The number of hydrogen-bond donors (Lipinski definition) is 2. The maximum Gasteiger partial charge on any atom is 0.407 e. The van der Waals surface area contributed by atoms with Crippen molar-refractivity contribution in [3.63, 3.8) is 0 Å². The Labute approximate surface area is 167 Å². The van der Waals surface area contributed by atoms with Gasteiger partial charge in [-0.3, -0.25) is 0 Å². The van der Waals surface area contributed by atoms with Gasteiger partial charge in [-0.25, -0.2) is 17.9 Å². The largest absolute Gasteiger partial charge is 0.465 e. The molecular formula is C20H30N2O5S. The zero-order chi connectivity index (χ0) is 20.1. The number of nitrogens with zero attached hydrogens (tertiary/aromatic N) is 1. The number of carboxylic acid groups (broad SMARTS) is 1. The monoisotopic (exact) mass is 410 g/mol. The zero-order valence-corrected chi connectivity index (χ0v) is 17.1. The highest BCUT2D eigenvalue weighted by Crippen LogP contribution is 2.34. The summed E-state index contributed by atoms with van der Waals surface area (Å²) in [4.78, 5) is 12.9. The van der Waals surface area contributed by atoms with Crippen molar-refractivity contribution in [3.05, 3.63) is 35.9 Å². The van der Waals surface area contributed by atoms with Gasteiger partial charge in [0.15, 0.2) is 0 Å². The highest BCUT2D eigenvalue weighted by molar-refractivity contribution is 7.88. The summed E-state index contributed by atoms with van der Waals surface area (Å²) in [7, 11) is -3.41. The molecule has 0 radical (unpaired) electrons. The molecule has 28 heavy (non-hydrogen) atoms. The van der Waals surface area contributed by atoms with Gasteiger partial charge in [-0.2, -0.15) is 0 Å². The van der Waals surface area contributed by atoms with Crippen LogP contribution in [0.25, 0.3) is 0 Å². The summed E-state index contributed by atoms with van der Waals surface area (Å²) < 4.78 is 32.0. The van der Waals surface area contributed by atoms with Gasteiger partial charge in [0.2, 0.25) is 10.0 Å². The van der Waals surface area contributed by atoms with Crippen LogP contribution in [0.5, 0.6) is 0 Å². The first kappa shape index (κ1) is 21.1. The Kier molecular flexibility index (Phi) is 6.95. The van der Waals surface area contributed by atoms with Gasteiger partial charge in [-0.1, -0.05) is 30.3 Å². The number of rotatable bonds is 6. The van der Waals surface area contributed by atoms with E-state index in [-0.39, 0.29) is 12.7 Å². The van der Waals surface area contributed by atoms with Gasteiger partial charge in [0.25, 0.3) is 0 Å². The first-order valence-corrected chi connectivity index (χ1v) is 11.9. The van der Waals surface area contributed by atoms with Gasteiger partial charge in [-0.05, 0) is 50.0 Å². The van der Waals surface area contributed by atoms with Gasteiger partial charge < -0.3 is 14.7 Å². The number of likely N-dealkylation sites (tertiary alicyclic amines) is 1. The van der Waals surface area contributed by atoms with E-state index in [9.17, 15) is 18.3 Å². The minimum Gasteiger partial charge on any atom is -0.465 e. The second kappa shape index (κ2) is 9.24. The van der Waals surface area contributed by atoms with Crippen LogP contribution in [0.15, 0.2) is 30.3 Å². The Balaban J connectivity index is 1.57. The van der Waals surface area contributed by atoms with Crippen LogP contribution in [0.1, 0.15) is 50.0 Å². The van der Waals surface area contributed by atoms with Gasteiger partial charge in [0.1, 0.15) is 0 Å². The molecule has 156 valence electrons. The Morgan fingerprint density at radius 1 is 1.18 bits per heavy atom. The van der Waals surface area contributed by atoms with Crippen molar-refractivity contribution in [2.75, 3.05) is 19.4 Å². The van der Waals surface area contributed by atoms with Crippen molar-refractivity contribution >= 4 is 16.1 Å². The summed E-state index contributed by atoms with van der Waals surface area (Å²) in [5, 5.41) is 9.52. The van der Waals surface area contributed by atoms with Crippen LogP contribution < -0.4 is 4.72 Å². The quantitative estimate of drug-likeness (QED) is 0.752. The molecule has 0 unspecified atom stereocenters. The summed E-state index contributed by atoms with van der Waals surface area (Å²) >= 11 is 0. The molecule has 2 N–H and O–H groups in total. The third kappa shape index (κ3) is 5.68. The van der Waals surface area contributed by atoms with Gasteiger partial charge >= 0.3 is 6.09 Å². The third-order valence-electron chi connectivity index (χ3n) is 5.84. The number of ether oxygens (including phenoxy) is 1. The van der Waals surface area contributed by atoms with Gasteiger partial charge in [0.05, 0.1) is 25.0 Å². The molecule has 1 aromatic rings. The lowest BCUT2D eigenvalue weighted by Crippen LogP contribution is -2.58. The van der Waals surface area contributed by atoms with E-state index in [1.54, 1.807) is 0 Å². The summed E-state index contributed by atoms with van der Waals surface area (Å²) in [5.74, 6) is 0.547. The van der Waals surface area contributed by atoms with Crippen LogP contribution in [0.4, 0.5) is 4.79 Å². The fourth-order valence-corrected chi connectivity index (χ4v) is 5.26. The molecule has 1 heterocycles. The Hall–Kier alpha value is -1.64. The van der Waals surface area contributed by atoms with E-state index in [1.165, 1.54) is 10.5 Å². The number of amides is 1. The van der Waals surface area contributed by atoms with Crippen molar-refractivity contribution in [3.8, 4) is 0 Å². The van der Waals surface area contributed by atoms with E-state index in [0.29, 0.717) is 25.3 Å². The van der Waals surface area contributed by atoms with Crippen molar-refractivity contribution in [2.24, 2.45) is 0 Å². The van der Waals surface area contributed by atoms with Crippen LogP contribution in [0.3, 0.4) is 0 Å². The molecule has 3 rings (SSSR count). The molecule has 8 heteroatoms. The lowest BCUT2D eigenvalue weighted by Gasteiger charge is -2.40. The molecule has 1 amide bonds. The average molecular weight is 411 g/mol. The molecule has 2 atom stereocenters. The Bertz CT molecular complexity index is 747. The smallest absolute Gasteiger partial charge is 0.407 e. The van der Waals surface area contributed by atoms with E-state index >= 15 is 0 Å². The summed E-state index contributed by atoms with van der Waals surface area (Å²) in [6, 6.07) is 9.55. The Morgan fingerprint density at radius 3 is 2.46 bits per heavy atom. The molecular weight excluding hydrogens is 380 g/mol. The summed E-state index contributed by atoms with van der Waals surface area (Å²) in [6.45, 7) is 0.631. The molecule has 0 bridgehead atoms. The minimum atomic E-state index is -3.41. The molecule has 1 aromatic carbocycles. The molecule has 2 fully saturated rings. The molecule has 1 saturated carbocycles. The van der Waals surface area contributed by atoms with Crippen LogP contribution in [-0.2, 0) is 14.8 Å². The molecule has 0 aromatic heterocycles. The lowest BCUT2D eigenvalue weighted by atomic mass is 9.83. The average Bonchev–Trinajstić information content (AvgIpc) is 2.66. The van der Waals surface area contributed by atoms with E-state index in [1.807, 2.05) is 6.07 Å². The van der Waals surface area contributed by atoms with Crippen LogP contribution in [-0.4, -0.2) is 62.1 Å². The second-order valence-electron chi connectivity index (χ2n) is 7.90. The third-order valence-corrected chi connectivity index (χ3v) is 6.57. The fourth-order valence-electron chi connectivity index (χ4n) is 4.44. The van der Waals surface area contributed by atoms with E-state index in [2.05, 4.69) is 29.0 Å². The fraction of sp³-hybridized carbons (Fsp3) is 0.650. The topological polar surface area (TPSA) is 95.9 Å². The summed E-state index contributed by atoms with van der Waals surface area (Å²) in [5.41, 5.74) is 1.36. The van der Waals surface area contributed by atoms with Gasteiger partial charge in [0, 0.05) is 12.6 Å². The lowest BCUT2D eigenvalue weighted by molar-refractivity contribution is -0.0226. The van der Waals surface area contributed by atoms with Crippen LogP contribution in [0.2, 0.25) is 0 Å². The zero-order valence-electron chi connectivity index (χ0n) is 16.3. The molecule has 0 spiro atoms. The van der Waals surface area contributed by atoms with Crippen LogP contribution in [0, 0.1) is 0 Å². The van der Waals surface area contributed by atoms with Crippen molar-refractivity contribution in [2.45, 2.75) is 62.6 Å². The van der Waals surface area contributed by atoms with Crippen molar-refractivity contribution < 1.29 is 23.1 Å². The molecule has 1 aliphatic carbocycles. The number of carbonyl (C=O) groups is 1. The number of nitrogens with one attached hydrogen (secondary N) is 1. The van der Waals surface area contributed by atoms with Crippen molar-refractivity contribution in [1.29, 1.82) is 0 Å². The number of benzene rings is 1. The maximum atomic E-state index is 11.7. The Morgan fingerprint density at radius 2 is 1.86 bits per heavy atom.